The first-order valence-corrected chi connectivity index (χ1v) is 10.4. The van der Waals surface area contributed by atoms with Gasteiger partial charge in [0.2, 0.25) is 5.96 Å². The van der Waals surface area contributed by atoms with Crippen molar-refractivity contribution in [3.05, 3.63) is 89.1 Å². The number of fused-ring (bicyclic) bond motifs is 1. The zero-order valence-corrected chi connectivity index (χ0v) is 17.9. The minimum Gasteiger partial charge on any atom is -0.324 e. The molecular formula is C23H20ClN7O. The van der Waals surface area contributed by atoms with Crippen LogP contribution in [0.5, 0.6) is 0 Å². The average Bonchev–Trinajstić information content (AvgIpc) is 3.44. The SMILES string of the molecule is CN1NC(c2ccc(C(=O)Nc3ccccc3)cc2)N=C1Nc1ccc2[nH]ncc2c1Cl. The van der Waals surface area contributed by atoms with Crippen LogP contribution in [0.1, 0.15) is 22.1 Å². The van der Waals surface area contributed by atoms with Crippen LogP contribution >= 0.6 is 11.6 Å². The smallest absolute Gasteiger partial charge is 0.255 e. The van der Waals surface area contributed by atoms with E-state index in [9.17, 15) is 4.79 Å². The van der Waals surface area contributed by atoms with E-state index in [1.807, 2.05) is 61.6 Å². The molecule has 9 heteroatoms. The molecule has 0 spiro atoms. The first kappa shape index (κ1) is 20.0. The molecule has 4 aromatic rings. The lowest BCUT2D eigenvalue weighted by Crippen LogP contribution is -2.37. The van der Waals surface area contributed by atoms with Gasteiger partial charge in [-0.25, -0.2) is 10.4 Å². The van der Waals surface area contributed by atoms with Gasteiger partial charge in [0.15, 0.2) is 0 Å². The molecule has 32 heavy (non-hydrogen) atoms. The van der Waals surface area contributed by atoms with Crippen LogP contribution in [-0.4, -0.2) is 34.1 Å². The van der Waals surface area contributed by atoms with Gasteiger partial charge in [-0.2, -0.15) is 5.10 Å². The van der Waals surface area contributed by atoms with E-state index in [0.29, 0.717) is 16.5 Å². The van der Waals surface area contributed by atoms with Crippen molar-refractivity contribution in [3.8, 4) is 0 Å². The molecule has 0 saturated carbocycles. The Labute approximate surface area is 189 Å². The Morgan fingerprint density at radius 3 is 2.62 bits per heavy atom. The van der Waals surface area contributed by atoms with Crippen LogP contribution in [-0.2, 0) is 0 Å². The van der Waals surface area contributed by atoms with E-state index in [1.54, 1.807) is 23.3 Å². The Morgan fingerprint density at radius 2 is 1.84 bits per heavy atom. The second-order valence-electron chi connectivity index (χ2n) is 7.37. The molecule has 3 aromatic carbocycles. The molecule has 0 radical (unpaired) electrons. The standard InChI is InChI=1S/C23H20ClN7O/c1-31-23(27-19-12-11-18-17(20(19)24)13-25-29-18)28-21(30-31)14-7-9-15(10-8-14)22(32)26-16-5-3-2-4-6-16/h2-13,21,30H,1H3,(H,25,29)(H,26,32)(H,27,28). The lowest BCUT2D eigenvalue weighted by Gasteiger charge is -2.17. The first-order chi connectivity index (χ1) is 15.6. The highest BCUT2D eigenvalue weighted by Crippen LogP contribution is 2.31. The first-order valence-electron chi connectivity index (χ1n) is 10.0. The third kappa shape index (κ3) is 3.89. The fraction of sp³-hybridized carbons (Fsp3) is 0.0870. The van der Waals surface area contributed by atoms with Gasteiger partial charge in [0.05, 0.1) is 22.4 Å². The van der Waals surface area contributed by atoms with Crippen LogP contribution in [0, 0.1) is 0 Å². The van der Waals surface area contributed by atoms with Crippen molar-refractivity contribution < 1.29 is 4.79 Å². The monoisotopic (exact) mass is 445 g/mol. The summed E-state index contributed by atoms with van der Waals surface area (Å²) in [7, 11) is 1.87. The van der Waals surface area contributed by atoms with E-state index in [4.69, 9.17) is 16.6 Å². The molecule has 0 aliphatic carbocycles. The summed E-state index contributed by atoms with van der Waals surface area (Å²) >= 11 is 6.51. The fourth-order valence-electron chi connectivity index (χ4n) is 3.49. The number of hydrazine groups is 1. The molecule has 5 rings (SSSR count). The van der Waals surface area contributed by atoms with Gasteiger partial charge < -0.3 is 10.6 Å². The number of benzene rings is 3. The van der Waals surface area contributed by atoms with Gasteiger partial charge in [-0.05, 0) is 42.0 Å². The highest BCUT2D eigenvalue weighted by molar-refractivity contribution is 6.38. The molecule has 1 aliphatic heterocycles. The van der Waals surface area contributed by atoms with E-state index in [-0.39, 0.29) is 12.1 Å². The molecule has 0 bridgehead atoms. The van der Waals surface area contributed by atoms with Gasteiger partial charge >= 0.3 is 0 Å². The third-order valence-corrected chi connectivity index (χ3v) is 5.62. The number of amides is 1. The number of guanidine groups is 1. The summed E-state index contributed by atoms with van der Waals surface area (Å²) in [5.41, 5.74) is 7.16. The zero-order valence-electron chi connectivity index (χ0n) is 17.1. The third-order valence-electron chi connectivity index (χ3n) is 5.21. The fourth-order valence-corrected chi connectivity index (χ4v) is 3.75. The molecule has 1 aromatic heterocycles. The number of carbonyl (C=O) groups is 1. The van der Waals surface area contributed by atoms with Crippen molar-refractivity contribution in [2.24, 2.45) is 4.99 Å². The van der Waals surface area contributed by atoms with Crippen LogP contribution < -0.4 is 16.1 Å². The summed E-state index contributed by atoms with van der Waals surface area (Å²) < 4.78 is 0. The quantitative estimate of drug-likeness (QED) is 0.373. The second-order valence-corrected chi connectivity index (χ2v) is 7.75. The number of aromatic amines is 1. The molecule has 1 amide bonds. The zero-order chi connectivity index (χ0) is 22.1. The number of hydrogen-bond acceptors (Lipinski definition) is 6. The maximum Gasteiger partial charge on any atom is 0.255 e. The minimum absolute atomic E-state index is 0.158. The summed E-state index contributed by atoms with van der Waals surface area (Å²) in [5.74, 6) is 0.472. The Kier molecular flexibility index (Phi) is 5.22. The number of para-hydroxylation sites is 1. The molecule has 1 unspecified atom stereocenters. The van der Waals surface area contributed by atoms with E-state index < -0.39 is 0 Å². The molecule has 4 N–H and O–H groups in total. The van der Waals surface area contributed by atoms with Gasteiger partial charge in [-0.15, -0.1) is 0 Å². The van der Waals surface area contributed by atoms with Crippen molar-refractivity contribution >= 4 is 45.7 Å². The Balaban J connectivity index is 1.30. The summed E-state index contributed by atoms with van der Waals surface area (Å²) in [5, 5.41) is 16.3. The topological polar surface area (TPSA) is 97.4 Å². The number of aliphatic imine (C=N–C) groups is 1. The maximum absolute atomic E-state index is 12.5. The number of H-pyrrole nitrogens is 1. The number of carbonyl (C=O) groups excluding carboxylic acids is 1. The summed E-state index contributed by atoms with van der Waals surface area (Å²) in [4.78, 5) is 17.2. The van der Waals surface area contributed by atoms with Crippen LogP contribution in [0.15, 0.2) is 77.9 Å². The van der Waals surface area contributed by atoms with E-state index in [1.165, 1.54) is 0 Å². The van der Waals surface area contributed by atoms with Crippen molar-refractivity contribution in [1.29, 1.82) is 0 Å². The van der Waals surface area contributed by atoms with Gasteiger partial charge in [0, 0.05) is 23.7 Å². The highest BCUT2D eigenvalue weighted by Gasteiger charge is 2.24. The number of aromatic nitrogens is 2. The Bertz CT molecular complexity index is 1300. The normalized spacial score (nSPS) is 15.6. The summed E-state index contributed by atoms with van der Waals surface area (Å²) in [6.07, 6.45) is 1.41. The number of anilines is 2. The van der Waals surface area contributed by atoms with E-state index in [0.717, 1.165) is 27.8 Å². The second kappa shape index (κ2) is 8.33. The molecule has 1 aliphatic rings. The van der Waals surface area contributed by atoms with Crippen LogP contribution in [0.2, 0.25) is 5.02 Å². The van der Waals surface area contributed by atoms with Gasteiger partial charge in [-0.1, -0.05) is 41.9 Å². The van der Waals surface area contributed by atoms with Crippen molar-refractivity contribution in [1.82, 2.24) is 20.6 Å². The van der Waals surface area contributed by atoms with Crippen LogP contribution in [0.25, 0.3) is 10.9 Å². The number of halogens is 1. The van der Waals surface area contributed by atoms with Crippen LogP contribution in [0.3, 0.4) is 0 Å². The Morgan fingerprint density at radius 1 is 1.06 bits per heavy atom. The molecule has 8 nitrogen and oxygen atoms in total. The van der Waals surface area contributed by atoms with Gasteiger partial charge in [0.1, 0.15) is 6.17 Å². The van der Waals surface area contributed by atoms with Crippen molar-refractivity contribution in [2.45, 2.75) is 6.17 Å². The lowest BCUT2D eigenvalue weighted by atomic mass is 10.1. The Hall–Kier alpha value is -3.88. The molecule has 160 valence electrons. The van der Waals surface area contributed by atoms with Gasteiger partial charge in [0.25, 0.3) is 5.91 Å². The molecule has 0 fully saturated rings. The molecular weight excluding hydrogens is 426 g/mol. The van der Waals surface area contributed by atoms with Crippen molar-refractivity contribution in [2.75, 3.05) is 17.7 Å². The average molecular weight is 446 g/mol. The van der Waals surface area contributed by atoms with Crippen molar-refractivity contribution in [3.63, 3.8) is 0 Å². The van der Waals surface area contributed by atoms with Gasteiger partial charge in [-0.3, -0.25) is 14.9 Å². The maximum atomic E-state index is 12.5. The predicted octanol–water partition coefficient (Wildman–Crippen LogP) is 4.39. The number of nitrogens with one attached hydrogen (secondary N) is 4. The molecule has 0 saturated heterocycles. The minimum atomic E-state index is -0.287. The highest BCUT2D eigenvalue weighted by atomic mass is 35.5. The summed E-state index contributed by atoms with van der Waals surface area (Å²) in [6, 6.07) is 20.5. The van der Waals surface area contributed by atoms with E-state index >= 15 is 0 Å². The number of hydrogen-bond donors (Lipinski definition) is 4. The molecule has 2 heterocycles. The number of rotatable bonds is 4. The predicted molar refractivity (Wildman–Crippen MR) is 127 cm³/mol. The van der Waals surface area contributed by atoms with E-state index in [2.05, 4.69) is 26.3 Å². The summed E-state index contributed by atoms with van der Waals surface area (Å²) in [6.45, 7) is 0. The molecule has 1 atom stereocenters. The van der Waals surface area contributed by atoms with Crippen LogP contribution in [0.4, 0.5) is 11.4 Å². The largest absolute Gasteiger partial charge is 0.324 e. The number of nitrogens with zero attached hydrogens (tertiary/aromatic N) is 3. The lowest BCUT2D eigenvalue weighted by molar-refractivity contribution is 0.102.